The minimum atomic E-state index is -0.382. The number of rotatable bonds is 7. The quantitative estimate of drug-likeness (QED) is 0.219. The van der Waals surface area contributed by atoms with E-state index in [1.165, 1.54) is 0 Å². The van der Waals surface area contributed by atoms with Gasteiger partial charge < -0.3 is 4.74 Å². The minimum absolute atomic E-state index is 0.102. The second-order valence-corrected chi connectivity index (χ2v) is 8.37. The molecule has 0 saturated carbocycles. The Hall–Kier alpha value is -4.49. The molecule has 1 unspecified atom stereocenters. The van der Waals surface area contributed by atoms with Crippen molar-refractivity contribution < 1.29 is 14.3 Å². The fourth-order valence-corrected chi connectivity index (χ4v) is 3.66. The van der Waals surface area contributed by atoms with Crippen LogP contribution in [-0.4, -0.2) is 17.9 Å². The third kappa shape index (κ3) is 5.54. The molecule has 1 atom stereocenters. The van der Waals surface area contributed by atoms with Crippen molar-refractivity contribution in [2.45, 2.75) is 26.4 Å². The van der Waals surface area contributed by atoms with Crippen LogP contribution in [0.25, 0.3) is 22.3 Å². The van der Waals surface area contributed by atoms with Crippen molar-refractivity contribution in [2.24, 2.45) is 0 Å². The fraction of sp³-hybridized carbons (Fsp3) is 0.129. The Labute approximate surface area is 205 Å². The van der Waals surface area contributed by atoms with Gasteiger partial charge in [0.25, 0.3) is 0 Å². The number of hydrogen-bond acceptors (Lipinski definition) is 4. The van der Waals surface area contributed by atoms with Crippen molar-refractivity contribution in [3.8, 4) is 28.3 Å². The van der Waals surface area contributed by atoms with Crippen LogP contribution in [-0.2, 0) is 4.74 Å². The van der Waals surface area contributed by atoms with Crippen molar-refractivity contribution in [2.75, 3.05) is 0 Å². The van der Waals surface area contributed by atoms with Crippen LogP contribution in [0.5, 0.6) is 0 Å². The van der Waals surface area contributed by atoms with Gasteiger partial charge in [0.1, 0.15) is 0 Å². The first-order chi connectivity index (χ1) is 17.0. The lowest BCUT2D eigenvalue weighted by Gasteiger charge is -2.11. The number of nitriles is 1. The molecular formula is C31H25NO3. The Balaban J connectivity index is 1.45. The fourth-order valence-electron chi connectivity index (χ4n) is 3.66. The van der Waals surface area contributed by atoms with Crippen LogP contribution >= 0.6 is 0 Å². The number of carbonyl (C=O) groups is 2. The smallest absolute Gasteiger partial charge is 0.338 e. The molecule has 0 aliphatic carbocycles. The zero-order valence-electron chi connectivity index (χ0n) is 19.7. The molecule has 35 heavy (non-hydrogen) atoms. The van der Waals surface area contributed by atoms with Gasteiger partial charge in [-0.15, -0.1) is 0 Å². The normalized spacial score (nSPS) is 11.3. The number of ketones is 1. The van der Waals surface area contributed by atoms with Gasteiger partial charge in [0, 0.05) is 11.1 Å². The molecular weight excluding hydrogens is 434 g/mol. The number of ether oxygens (including phenoxy) is 1. The molecule has 4 aromatic rings. The van der Waals surface area contributed by atoms with E-state index >= 15 is 0 Å². The Morgan fingerprint density at radius 3 is 1.49 bits per heavy atom. The lowest BCUT2D eigenvalue weighted by atomic mass is 9.97. The Kier molecular flexibility index (Phi) is 7.18. The van der Waals surface area contributed by atoms with Gasteiger partial charge in [0.15, 0.2) is 5.78 Å². The number of carbonyl (C=O) groups excluding carboxylic acids is 2. The van der Waals surface area contributed by atoms with Crippen LogP contribution in [0.1, 0.15) is 52.1 Å². The second kappa shape index (κ2) is 10.6. The van der Waals surface area contributed by atoms with E-state index in [2.05, 4.69) is 6.07 Å². The van der Waals surface area contributed by atoms with Gasteiger partial charge in [-0.2, -0.15) is 5.26 Å². The van der Waals surface area contributed by atoms with E-state index in [9.17, 15) is 9.59 Å². The van der Waals surface area contributed by atoms with Crippen LogP contribution in [0.2, 0.25) is 0 Å². The van der Waals surface area contributed by atoms with Crippen molar-refractivity contribution in [3.05, 3.63) is 119 Å². The summed E-state index contributed by atoms with van der Waals surface area (Å²) in [5, 5.41) is 8.96. The van der Waals surface area contributed by atoms with E-state index in [1.54, 1.807) is 24.3 Å². The van der Waals surface area contributed by atoms with Crippen LogP contribution in [0.15, 0.2) is 97.1 Å². The third-order valence-electron chi connectivity index (χ3n) is 5.98. The zero-order valence-corrected chi connectivity index (χ0v) is 19.7. The largest absolute Gasteiger partial charge is 0.459 e. The summed E-state index contributed by atoms with van der Waals surface area (Å²) in [7, 11) is 0. The highest BCUT2D eigenvalue weighted by atomic mass is 16.5. The van der Waals surface area contributed by atoms with Crippen LogP contribution in [0, 0.1) is 11.3 Å². The highest BCUT2D eigenvalue weighted by Gasteiger charge is 2.14. The van der Waals surface area contributed by atoms with E-state index in [1.807, 2.05) is 86.6 Å². The first-order valence-electron chi connectivity index (χ1n) is 11.5. The van der Waals surface area contributed by atoms with Crippen LogP contribution in [0.3, 0.4) is 0 Å². The second-order valence-electron chi connectivity index (χ2n) is 8.37. The van der Waals surface area contributed by atoms with E-state index in [0.29, 0.717) is 22.3 Å². The van der Waals surface area contributed by atoms with E-state index in [4.69, 9.17) is 10.00 Å². The molecule has 0 spiro atoms. The van der Waals surface area contributed by atoms with E-state index < -0.39 is 0 Å². The average molecular weight is 460 g/mol. The standard InChI is InChI=1S/C31H25NO3/c1-3-21(2)35-31(34)29-18-16-28(17-19-29)30(33)27-14-12-26(13-15-27)25-10-8-24(9-11-25)23-6-4-22(20-32)5-7-23/h4-19,21H,3H2,1-2H3. The van der Waals surface area contributed by atoms with Crippen molar-refractivity contribution in [3.63, 3.8) is 0 Å². The summed E-state index contributed by atoms with van der Waals surface area (Å²) in [6.45, 7) is 3.81. The molecule has 0 fully saturated rings. The maximum atomic E-state index is 12.9. The van der Waals surface area contributed by atoms with Gasteiger partial charge in [0.05, 0.1) is 23.3 Å². The zero-order chi connectivity index (χ0) is 24.8. The predicted octanol–water partition coefficient (Wildman–Crippen LogP) is 7.08. The summed E-state index contributed by atoms with van der Waals surface area (Å²) in [6.07, 6.45) is 0.606. The molecule has 0 N–H and O–H groups in total. The summed E-state index contributed by atoms with van der Waals surface area (Å²) >= 11 is 0. The number of benzene rings is 4. The molecule has 0 saturated heterocycles. The summed E-state index contributed by atoms with van der Waals surface area (Å²) in [6, 6.07) is 31.9. The molecule has 0 heterocycles. The van der Waals surface area contributed by atoms with Gasteiger partial charge in [-0.25, -0.2) is 4.79 Å². The molecule has 4 rings (SSSR count). The lowest BCUT2D eigenvalue weighted by Crippen LogP contribution is -2.14. The molecule has 172 valence electrons. The molecule has 0 amide bonds. The van der Waals surface area contributed by atoms with Crippen molar-refractivity contribution in [1.29, 1.82) is 5.26 Å². The van der Waals surface area contributed by atoms with Crippen molar-refractivity contribution in [1.82, 2.24) is 0 Å². The summed E-state index contributed by atoms with van der Waals surface area (Å²) in [5.74, 6) is -0.484. The molecule has 0 aliphatic heterocycles. The average Bonchev–Trinajstić information content (AvgIpc) is 2.93. The first-order valence-corrected chi connectivity index (χ1v) is 11.5. The van der Waals surface area contributed by atoms with E-state index in [-0.39, 0.29) is 17.9 Å². The van der Waals surface area contributed by atoms with Crippen LogP contribution < -0.4 is 0 Å². The van der Waals surface area contributed by atoms with Crippen molar-refractivity contribution >= 4 is 11.8 Å². The van der Waals surface area contributed by atoms with Gasteiger partial charge >= 0.3 is 5.97 Å². The van der Waals surface area contributed by atoms with E-state index in [0.717, 1.165) is 28.7 Å². The molecule has 0 aliphatic rings. The minimum Gasteiger partial charge on any atom is -0.459 e. The molecule has 0 bridgehead atoms. The first kappa shape index (κ1) is 23.7. The summed E-state index contributed by atoms with van der Waals surface area (Å²) in [5.41, 5.74) is 6.35. The highest BCUT2D eigenvalue weighted by molar-refractivity contribution is 6.09. The summed E-state index contributed by atoms with van der Waals surface area (Å²) < 4.78 is 5.33. The van der Waals surface area contributed by atoms with Gasteiger partial charge in [-0.3, -0.25) is 4.79 Å². The number of nitrogens with zero attached hydrogens (tertiary/aromatic N) is 1. The highest BCUT2D eigenvalue weighted by Crippen LogP contribution is 2.26. The van der Waals surface area contributed by atoms with Gasteiger partial charge in [-0.05, 0) is 59.9 Å². The monoisotopic (exact) mass is 459 g/mol. The van der Waals surface area contributed by atoms with Gasteiger partial charge in [0.2, 0.25) is 0 Å². The SMILES string of the molecule is CCC(C)OC(=O)c1ccc(C(=O)c2ccc(-c3ccc(-c4ccc(C#N)cc4)cc3)cc2)cc1. The maximum Gasteiger partial charge on any atom is 0.338 e. The van der Waals surface area contributed by atoms with Crippen LogP contribution in [0.4, 0.5) is 0 Å². The molecule has 4 nitrogen and oxygen atoms in total. The predicted molar refractivity (Wildman–Crippen MR) is 137 cm³/mol. The Morgan fingerprint density at radius 2 is 1.06 bits per heavy atom. The molecule has 0 aromatic heterocycles. The van der Waals surface area contributed by atoms with Gasteiger partial charge in [-0.1, -0.05) is 79.7 Å². The third-order valence-corrected chi connectivity index (χ3v) is 5.98. The maximum absolute atomic E-state index is 12.9. The Bertz CT molecular complexity index is 1360. The number of esters is 1. The topological polar surface area (TPSA) is 67.2 Å². The molecule has 0 radical (unpaired) electrons. The number of hydrogen-bond donors (Lipinski definition) is 0. The Morgan fingerprint density at radius 1 is 0.686 bits per heavy atom. The summed E-state index contributed by atoms with van der Waals surface area (Å²) in [4.78, 5) is 25.1. The molecule has 4 heteroatoms. The molecule has 4 aromatic carbocycles. The lowest BCUT2D eigenvalue weighted by molar-refractivity contribution is 0.0334.